The van der Waals surface area contributed by atoms with Gasteiger partial charge in [-0.05, 0) is 38.2 Å². The molecule has 0 amide bonds. The highest BCUT2D eigenvalue weighted by molar-refractivity contribution is 7.88. The second kappa shape index (κ2) is 8.33. The number of aryl methyl sites for hydroxylation is 1. The molecule has 0 spiro atoms. The molecule has 26 heavy (non-hydrogen) atoms. The normalized spacial score (nSPS) is 20.7. The first-order valence-corrected chi connectivity index (χ1v) is 10.6. The lowest BCUT2D eigenvalue weighted by Gasteiger charge is -2.28. The van der Waals surface area contributed by atoms with Gasteiger partial charge in [0.15, 0.2) is 0 Å². The Balaban J connectivity index is 1.48. The van der Waals surface area contributed by atoms with Crippen molar-refractivity contribution in [2.45, 2.75) is 50.5 Å². The minimum Gasteiger partial charge on any atom is -0.460 e. The van der Waals surface area contributed by atoms with Crippen molar-refractivity contribution in [2.24, 2.45) is 0 Å². The molecule has 0 radical (unpaired) electrons. The molecule has 1 N–H and O–H groups in total. The van der Waals surface area contributed by atoms with Crippen LogP contribution in [0.1, 0.15) is 36.8 Å². The number of rotatable bonds is 6. The third kappa shape index (κ3) is 5.65. The van der Waals surface area contributed by atoms with Crippen LogP contribution in [0.4, 0.5) is 0 Å². The van der Waals surface area contributed by atoms with Gasteiger partial charge in [0.2, 0.25) is 10.0 Å². The maximum Gasteiger partial charge on any atom is 0.316 e. The summed E-state index contributed by atoms with van der Waals surface area (Å²) in [5.74, 6) is 0.00230. The third-order valence-corrected chi connectivity index (χ3v) is 5.97. The molecule has 0 aliphatic heterocycles. The average Bonchev–Trinajstić information content (AvgIpc) is 2.60. The first-order valence-electron chi connectivity index (χ1n) is 8.59. The number of ether oxygens (including phenoxy) is 1. The predicted octanol–water partition coefficient (Wildman–Crippen LogP) is 3.25. The highest BCUT2D eigenvalue weighted by Crippen LogP contribution is 2.23. The second-order valence-corrected chi connectivity index (χ2v) is 8.83. The Hall–Kier alpha value is -1.70. The van der Waals surface area contributed by atoms with E-state index in [2.05, 4.69) is 14.7 Å². The Labute approximate surface area is 159 Å². The fraction of sp³-hybridized carbons (Fsp3) is 0.444. The van der Waals surface area contributed by atoms with Gasteiger partial charge in [0.1, 0.15) is 6.10 Å². The summed E-state index contributed by atoms with van der Waals surface area (Å²) in [5.41, 5.74) is 1.90. The first-order chi connectivity index (χ1) is 12.4. The lowest BCUT2D eigenvalue weighted by atomic mass is 9.94. The van der Waals surface area contributed by atoms with Crippen LogP contribution in [0.5, 0.6) is 6.01 Å². The van der Waals surface area contributed by atoms with Gasteiger partial charge in [0, 0.05) is 6.04 Å². The zero-order valence-corrected chi connectivity index (χ0v) is 16.1. The van der Waals surface area contributed by atoms with E-state index in [1.807, 2.05) is 31.2 Å². The summed E-state index contributed by atoms with van der Waals surface area (Å²) >= 11 is 5.76. The summed E-state index contributed by atoms with van der Waals surface area (Å²) in [7, 11) is -3.36. The number of aromatic nitrogens is 2. The Kier molecular flexibility index (Phi) is 6.11. The molecule has 3 rings (SSSR count). The molecule has 8 heteroatoms. The van der Waals surface area contributed by atoms with Crippen molar-refractivity contribution in [2.75, 3.05) is 0 Å². The Bertz CT molecular complexity index is 818. The van der Waals surface area contributed by atoms with E-state index in [1.54, 1.807) is 0 Å². The molecule has 1 aliphatic rings. The summed E-state index contributed by atoms with van der Waals surface area (Å²) in [5, 5.41) is 0.462. The van der Waals surface area contributed by atoms with Gasteiger partial charge in [-0.3, -0.25) is 0 Å². The zero-order chi connectivity index (χ0) is 18.6. The minimum atomic E-state index is -3.36. The van der Waals surface area contributed by atoms with E-state index in [-0.39, 0.29) is 17.9 Å². The minimum absolute atomic E-state index is 0.00230. The van der Waals surface area contributed by atoms with Gasteiger partial charge in [0.05, 0.1) is 23.2 Å². The maximum absolute atomic E-state index is 12.4. The van der Waals surface area contributed by atoms with E-state index in [1.165, 1.54) is 12.4 Å². The van der Waals surface area contributed by atoms with Crippen LogP contribution in [-0.2, 0) is 15.8 Å². The summed E-state index contributed by atoms with van der Waals surface area (Å²) in [4.78, 5) is 8.05. The van der Waals surface area contributed by atoms with Crippen molar-refractivity contribution in [1.29, 1.82) is 0 Å². The number of nitrogens with zero attached hydrogens (tertiary/aromatic N) is 2. The van der Waals surface area contributed by atoms with Crippen molar-refractivity contribution in [3.63, 3.8) is 0 Å². The molecular formula is C18H22ClN3O3S. The van der Waals surface area contributed by atoms with Gasteiger partial charge in [-0.15, -0.1) is 0 Å². The largest absolute Gasteiger partial charge is 0.460 e. The van der Waals surface area contributed by atoms with Gasteiger partial charge >= 0.3 is 6.01 Å². The number of benzene rings is 1. The maximum atomic E-state index is 12.4. The van der Waals surface area contributed by atoms with E-state index in [0.29, 0.717) is 11.0 Å². The van der Waals surface area contributed by atoms with Crippen LogP contribution < -0.4 is 9.46 Å². The fourth-order valence-corrected chi connectivity index (χ4v) is 4.56. The van der Waals surface area contributed by atoms with Crippen molar-refractivity contribution in [3.8, 4) is 6.01 Å². The highest BCUT2D eigenvalue weighted by Gasteiger charge is 2.26. The second-order valence-electron chi connectivity index (χ2n) is 6.64. The predicted molar refractivity (Wildman–Crippen MR) is 101 cm³/mol. The number of hydrogen-bond donors (Lipinski definition) is 1. The quantitative estimate of drug-likeness (QED) is 0.811. The van der Waals surface area contributed by atoms with E-state index in [9.17, 15) is 8.42 Å². The average molecular weight is 396 g/mol. The van der Waals surface area contributed by atoms with Crippen molar-refractivity contribution in [3.05, 3.63) is 52.8 Å². The van der Waals surface area contributed by atoms with Crippen LogP contribution in [0.3, 0.4) is 0 Å². The molecule has 0 atom stereocenters. The number of sulfonamides is 1. The standard InChI is InChI=1S/C18H22ClN3O3S/c1-13-2-4-14(5-3-13)12-26(23,24)22-16-6-8-17(9-7-16)25-18-20-10-15(19)11-21-18/h2-5,10-11,16-17,22H,6-9,12H2,1H3. The SMILES string of the molecule is Cc1ccc(CS(=O)(=O)NC2CCC(Oc3ncc(Cl)cn3)CC2)cc1. The van der Waals surface area contributed by atoms with Crippen LogP contribution in [0.15, 0.2) is 36.7 Å². The number of nitrogens with one attached hydrogen (secondary N) is 1. The van der Waals surface area contributed by atoms with E-state index >= 15 is 0 Å². The van der Waals surface area contributed by atoms with Gasteiger partial charge in [-0.1, -0.05) is 41.4 Å². The van der Waals surface area contributed by atoms with E-state index in [4.69, 9.17) is 16.3 Å². The molecule has 0 saturated heterocycles. The molecule has 6 nitrogen and oxygen atoms in total. The topological polar surface area (TPSA) is 81.2 Å². The van der Waals surface area contributed by atoms with E-state index in [0.717, 1.165) is 36.8 Å². The summed E-state index contributed by atoms with van der Waals surface area (Å²) < 4.78 is 33.3. The molecule has 0 unspecified atom stereocenters. The molecule has 1 aromatic heterocycles. The van der Waals surface area contributed by atoms with Crippen molar-refractivity contribution in [1.82, 2.24) is 14.7 Å². The molecule has 1 aliphatic carbocycles. The third-order valence-electron chi connectivity index (χ3n) is 4.37. The molecule has 1 saturated carbocycles. The van der Waals surface area contributed by atoms with Gasteiger partial charge < -0.3 is 4.74 Å². The molecule has 2 aromatic rings. The number of hydrogen-bond acceptors (Lipinski definition) is 5. The van der Waals surface area contributed by atoms with Crippen LogP contribution >= 0.6 is 11.6 Å². The lowest BCUT2D eigenvalue weighted by molar-refractivity contribution is 0.132. The molecule has 140 valence electrons. The van der Waals surface area contributed by atoms with Crippen LogP contribution in [0.25, 0.3) is 0 Å². The molecule has 1 aromatic carbocycles. The molecule has 1 fully saturated rings. The lowest BCUT2D eigenvalue weighted by Crippen LogP contribution is -2.40. The fourth-order valence-electron chi connectivity index (χ4n) is 3.01. The summed E-state index contributed by atoms with van der Waals surface area (Å²) in [6.45, 7) is 1.98. The first kappa shape index (κ1) is 19.1. The smallest absolute Gasteiger partial charge is 0.316 e. The molecule has 0 bridgehead atoms. The Morgan fingerprint density at radius 2 is 1.73 bits per heavy atom. The van der Waals surface area contributed by atoms with Crippen LogP contribution in [0.2, 0.25) is 5.02 Å². The monoisotopic (exact) mass is 395 g/mol. The Morgan fingerprint density at radius 1 is 1.12 bits per heavy atom. The highest BCUT2D eigenvalue weighted by atomic mass is 35.5. The number of halogens is 1. The van der Waals surface area contributed by atoms with Crippen molar-refractivity contribution >= 4 is 21.6 Å². The van der Waals surface area contributed by atoms with Gasteiger partial charge in [-0.2, -0.15) is 0 Å². The summed E-state index contributed by atoms with van der Waals surface area (Å²) in [6.07, 6.45) is 5.95. The van der Waals surface area contributed by atoms with Crippen LogP contribution in [-0.4, -0.2) is 30.5 Å². The molecule has 1 heterocycles. The van der Waals surface area contributed by atoms with Gasteiger partial charge in [-0.25, -0.2) is 23.1 Å². The van der Waals surface area contributed by atoms with Crippen molar-refractivity contribution < 1.29 is 13.2 Å². The van der Waals surface area contributed by atoms with Crippen LogP contribution in [0, 0.1) is 6.92 Å². The van der Waals surface area contributed by atoms with E-state index < -0.39 is 10.0 Å². The summed E-state index contributed by atoms with van der Waals surface area (Å²) in [6, 6.07) is 7.80. The van der Waals surface area contributed by atoms with Gasteiger partial charge in [0.25, 0.3) is 0 Å². The molecular weight excluding hydrogens is 374 g/mol. The zero-order valence-electron chi connectivity index (χ0n) is 14.6. The Morgan fingerprint density at radius 3 is 2.35 bits per heavy atom.